The standard InChI is InChI=1S/C9H14F3NO2/c10-9(11,12)8(14)2-1-3-13-4-6-15-7-5-13/h1-7H2. The van der Waals surface area contributed by atoms with Crippen molar-refractivity contribution in [1.29, 1.82) is 0 Å². The van der Waals surface area contributed by atoms with E-state index in [1.165, 1.54) is 0 Å². The Labute approximate surface area is 86.2 Å². The van der Waals surface area contributed by atoms with Crippen molar-refractivity contribution in [2.45, 2.75) is 19.0 Å². The lowest BCUT2D eigenvalue weighted by Gasteiger charge is -2.26. The molecule has 0 amide bonds. The number of nitrogens with zero attached hydrogens (tertiary/aromatic N) is 1. The predicted octanol–water partition coefficient (Wildman–Crippen LogP) is 1.23. The molecular weight excluding hydrogens is 211 g/mol. The number of hydrogen-bond donors (Lipinski definition) is 0. The van der Waals surface area contributed by atoms with Gasteiger partial charge in [-0.3, -0.25) is 9.69 Å². The second-order valence-corrected chi connectivity index (χ2v) is 3.48. The van der Waals surface area contributed by atoms with Crippen LogP contribution >= 0.6 is 0 Å². The number of ketones is 1. The predicted molar refractivity (Wildman–Crippen MR) is 47.6 cm³/mol. The topological polar surface area (TPSA) is 29.5 Å². The lowest BCUT2D eigenvalue weighted by atomic mass is 10.2. The molecule has 0 atom stereocenters. The molecule has 0 spiro atoms. The Hall–Kier alpha value is -0.620. The smallest absolute Gasteiger partial charge is 0.379 e. The van der Waals surface area contributed by atoms with Crippen LogP contribution in [0.3, 0.4) is 0 Å². The number of rotatable bonds is 4. The Morgan fingerprint density at radius 1 is 1.27 bits per heavy atom. The molecule has 1 aliphatic rings. The molecule has 1 saturated heterocycles. The molecule has 1 heterocycles. The molecule has 88 valence electrons. The lowest BCUT2D eigenvalue weighted by molar-refractivity contribution is -0.171. The van der Waals surface area contributed by atoms with Gasteiger partial charge < -0.3 is 4.74 Å². The van der Waals surface area contributed by atoms with Gasteiger partial charge in [-0.15, -0.1) is 0 Å². The summed E-state index contributed by atoms with van der Waals surface area (Å²) in [4.78, 5) is 12.5. The number of morpholine rings is 1. The Morgan fingerprint density at radius 3 is 2.40 bits per heavy atom. The van der Waals surface area contributed by atoms with Crippen LogP contribution in [-0.2, 0) is 9.53 Å². The Kier molecular flexibility index (Phi) is 4.53. The fourth-order valence-corrected chi connectivity index (χ4v) is 1.43. The number of ether oxygens (including phenoxy) is 1. The molecule has 0 aliphatic carbocycles. The molecule has 0 unspecified atom stereocenters. The first-order chi connectivity index (χ1) is 7.00. The SMILES string of the molecule is O=C(CCCN1CCOCC1)C(F)(F)F. The highest BCUT2D eigenvalue weighted by molar-refractivity contribution is 5.83. The van der Waals surface area contributed by atoms with Crippen LogP contribution in [0.15, 0.2) is 0 Å². The van der Waals surface area contributed by atoms with Crippen molar-refractivity contribution < 1.29 is 22.7 Å². The summed E-state index contributed by atoms with van der Waals surface area (Å²) in [6, 6.07) is 0. The zero-order valence-electron chi connectivity index (χ0n) is 8.35. The third kappa shape index (κ3) is 4.61. The van der Waals surface area contributed by atoms with E-state index in [4.69, 9.17) is 4.74 Å². The summed E-state index contributed by atoms with van der Waals surface area (Å²) in [7, 11) is 0. The molecule has 1 aliphatic heterocycles. The largest absolute Gasteiger partial charge is 0.449 e. The molecular formula is C9H14F3NO2. The maximum atomic E-state index is 11.8. The van der Waals surface area contributed by atoms with E-state index in [1.54, 1.807) is 0 Å². The minimum Gasteiger partial charge on any atom is -0.379 e. The Morgan fingerprint density at radius 2 is 1.87 bits per heavy atom. The van der Waals surface area contributed by atoms with Gasteiger partial charge in [0.25, 0.3) is 0 Å². The first-order valence-corrected chi connectivity index (χ1v) is 4.90. The highest BCUT2D eigenvalue weighted by atomic mass is 19.4. The number of alkyl halides is 3. The van der Waals surface area contributed by atoms with Crippen LogP contribution in [0.4, 0.5) is 13.2 Å². The van der Waals surface area contributed by atoms with Crippen molar-refractivity contribution in [2.24, 2.45) is 0 Å². The van der Waals surface area contributed by atoms with Gasteiger partial charge in [-0.1, -0.05) is 0 Å². The normalized spacial score (nSPS) is 19.1. The minimum absolute atomic E-state index is 0.262. The molecule has 3 nitrogen and oxygen atoms in total. The van der Waals surface area contributed by atoms with Crippen LogP contribution in [0, 0.1) is 0 Å². The van der Waals surface area contributed by atoms with Gasteiger partial charge in [0.2, 0.25) is 5.78 Å². The zero-order valence-corrected chi connectivity index (χ0v) is 8.35. The second kappa shape index (κ2) is 5.46. The van der Waals surface area contributed by atoms with E-state index in [0.29, 0.717) is 19.8 Å². The van der Waals surface area contributed by atoms with Crippen LogP contribution in [0.1, 0.15) is 12.8 Å². The number of carbonyl (C=O) groups excluding carboxylic acids is 1. The van der Waals surface area contributed by atoms with E-state index in [-0.39, 0.29) is 6.42 Å². The zero-order chi connectivity index (χ0) is 11.3. The van der Waals surface area contributed by atoms with Crippen molar-refractivity contribution in [1.82, 2.24) is 4.90 Å². The van der Waals surface area contributed by atoms with Gasteiger partial charge >= 0.3 is 6.18 Å². The molecule has 0 saturated carbocycles. The molecule has 0 aromatic carbocycles. The number of hydrogen-bond acceptors (Lipinski definition) is 3. The van der Waals surface area contributed by atoms with Crippen molar-refractivity contribution in [3.05, 3.63) is 0 Å². The fraction of sp³-hybridized carbons (Fsp3) is 0.889. The van der Waals surface area contributed by atoms with Crippen molar-refractivity contribution in [2.75, 3.05) is 32.8 Å². The van der Waals surface area contributed by atoms with E-state index in [0.717, 1.165) is 13.1 Å². The highest BCUT2D eigenvalue weighted by Gasteiger charge is 2.37. The summed E-state index contributed by atoms with van der Waals surface area (Å²) >= 11 is 0. The average molecular weight is 225 g/mol. The molecule has 0 aromatic rings. The molecule has 1 fully saturated rings. The molecule has 6 heteroatoms. The maximum absolute atomic E-state index is 11.8. The Balaban J connectivity index is 2.12. The first kappa shape index (κ1) is 12.4. The van der Waals surface area contributed by atoms with Crippen molar-refractivity contribution in [3.63, 3.8) is 0 Å². The minimum atomic E-state index is -4.68. The summed E-state index contributed by atoms with van der Waals surface area (Å²) < 4.78 is 40.6. The van der Waals surface area contributed by atoms with E-state index in [1.807, 2.05) is 4.90 Å². The quantitative estimate of drug-likeness (QED) is 0.720. The van der Waals surface area contributed by atoms with Crippen LogP contribution < -0.4 is 0 Å². The number of halogens is 3. The number of Topliss-reactive ketones (excluding diaryl/α,β-unsaturated/α-hetero) is 1. The van der Waals surface area contributed by atoms with Gasteiger partial charge in [0.05, 0.1) is 13.2 Å². The van der Waals surface area contributed by atoms with Crippen LogP contribution in [0.5, 0.6) is 0 Å². The van der Waals surface area contributed by atoms with Crippen LogP contribution in [-0.4, -0.2) is 49.7 Å². The summed E-state index contributed by atoms with van der Waals surface area (Å²) in [5.74, 6) is -1.63. The Bertz CT molecular complexity index is 212. The van der Waals surface area contributed by atoms with Crippen molar-refractivity contribution >= 4 is 5.78 Å². The summed E-state index contributed by atoms with van der Waals surface area (Å²) in [5.41, 5.74) is 0. The molecule has 1 rings (SSSR count). The highest BCUT2D eigenvalue weighted by Crippen LogP contribution is 2.18. The van der Waals surface area contributed by atoms with Gasteiger partial charge in [-0.05, 0) is 13.0 Å². The molecule has 0 radical (unpaired) electrons. The summed E-state index contributed by atoms with van der Waals surface area (Å²) in [6.45, 7) is 3.24. The van der Waals surface area contributed by atoms with Gasteiger partial charge in [0.1, 0.15) is 0 Å². The lowest BCUT2D eigenvalue weighted by Crippen LogP contribution is -2.37. The first-order valence-electron chi connectivity index (χ1n) is 4.90. The van der Waals surface area contributed by atoms with Gasteiger partial charge in [0, 0.05) is 19.5 Å². The molecule has 15 heavy (non-hydrogen) atoms. The molecule has 0 aromatic heterocycles. The third-order valence-corrected chi connectivity index (χ3v) is 2.30. The summed E-state index contributed by atoms with van der Waals surface area (Å²) in [6.07, 6.45) is -4.83. The summed E-state index contributed by atoms with van der Waals surface area (Å²) in [5, 5.41) is 0. The van der Waals surface area contributed by atoms with E-state index < -0.39 is 18.4 Å². The van der Waals surface area contributed by atoms with Crippen LogP contribution in [0.25, 0.3) is 0 Å². The molecule has 0 bridgehead atoms. The second-order valence-electron chi connectivity index (χ2n) is 3.48. The molecule has 0 N–H and O–H groups in total. The third-order valence-electron chi connectivity index (χ3n) is 2.30. The van der Waals surface area contributed by atoms with E-state index >= 15 is 0 Å². The monoisotopic (exact) mass is 225 g/mol. The van der Waals surface area contributed by atoms with E-state index in [2.05, 4.69) is 0 Å². The van der Waals surface area contributed by atoms with Gasteiger partial charge in [0.15, 0.2) is 0 Å². The maximum Gasteiger partial charge on any atom is 0.449 e. The van der Waals surface area contributed by atoms with Gasteiger partial charge in [-0.25, -0.2) is 0 Å². The number of carbonyl (C=O) groups is 1. The van der Waals surface area contributed by atoms with Crippen LogP contribution in [0.2, 0.25) is 0 Å². The average Bonchev–Trinajstić information content (AvgIpc) is 2.18. The van der Waals surface area contributed by atoms with Gasteiger partial charge in [-0.2, -0.15) is 13.2 Å². The van der Waals surface area contributed by atoms with Crippen molar-refractivity contribution in [3.8, 4) is 0 Å². The van der Waals surface area contributed by atoms with E-state index in [9.17, 15) is 18.0 Å². The fourth-order valence-electron chi connectivity index (χ4n) is 1.43.